The molecule has 3 unspecified atom stereocenters. The predicted molar refractivity (Wildman–Crippen MR) is 128 cm³/mol. The van der Waals surface area contributed by atoms with Crippen LogP contribution in [0.15, 0.2) is 72.4 Å². The smallest absolute Gasteiger partial charge is 0.407 e. The van der Waals surface area contributed by atoms with Crippen molar-refractivity contribution in [1.29, 1.82) is 0 Å². The van der Waals surface area contributed by atoms with Crippen LogP contribution in [0.4, 0.5) is 4.79 Å². The minimum absolute atomic E-state index is 0.118. The number of aromatic nitrogens is 1. The Kier molecular flexibility index (Phi) is 9.41. The van der Waals surface area contributed by atoms with E-state index in [1.165, 1.54) is 18.3 Å². The highest BCUT2D eigenvalue weighted by Crippen LogP contribution is 2.15. The van der Waals surface area contributed by atoms with Crippen molar-refractivity contribution in [3.8, 4) is 0 Å². The lowest BCUT2D eigenvalue weighted by Crippen LogP contribution is -2.48. The third-order valence-corrected chi connectivity index (χ3v) is 5.91. The summed E-state index contributed by atoms with van der Waals surface area (Å²) in [6, 6.07) is 18.5. The maximum Gasteiger partial charge on any atom is 0.407 e. The molecule has 1 aromatic heterocycles. The number of aliphatic hydroxyl groups is 1. The molecule has 33 heavy (non-hydrogen) atoms. The van der Waals surface area contributed by atoms with E-state index in [4.69, 9.17) is 4.74 Å². The summed E-state index contributed by atoms with van der Waals surface area (Å²) >= 11 is 1.40. The van der Waals surface area contributed by atoms with Crippen LogP contribution in [0.2, 0.25) is 0 Å². The fourth-order valence-corrected chi connectivity index (χ4v) is 4.14. The molecular weight excluding hydrogens is 438 g/mol. The predicted octanol–water partition coefficient (Wildman–Crippen LogP) is 3.48. The quantitative estimate of drug-likeness (QED) is 0.401. The number of nitrogens with zero attached hydrogens (tertiary/aromatic N) is 1. The van der Waals surface area contributed by atoms with E-state index in [1.54, 1.807) is 11.7 Å². The summed E-state index contributed by atoms with van der Waals surface area (Å²) in [4.78, 5) is 29.0. The number of nitrogens with one attached hydrogen (secondary N) is 2. The number of carbonyl (C=O) groups is 2. The maximum absolute atomic E-state index is 12.5. The van der Waals surface area contributed by atoms with Gasteiger partial charge in [0.05, 0.1) is 22.5 Å². The molecule has 0 radical (unpaired) electrons. The summed E-state index contributed by atoms with van der Waals surface area (Å²) in [6.07, 6.45) is 1.42. The molecule has 0 bridgehead atoms. The minimum atomic E-state index is -0.901. The Labute approximate surface area is 197 Å². The number of thiazole rings is 1. The van der Waals surface area contributed by atoms with Gasteiger partial charge in [0, 0.05) is 19.2 Å². The van der Waals surface area contributed by atoms with Gasteiger partial charge in [0.1, 0.15) is 6.61 Å². The van der Waals surface area contributed by atoms with Gasteiger partial charge in [-0.15, -0.1) is 11.3 Å². The van der Waals surface area contributed by atoms with Gasteiger partial charge in [-0.3, -0.25) is 9.78 Å². The number of aliphatic hydroxyl groups excluding tert-OH is 1. The third kappa shape index (κ3) is 8.67. The molecule has 3 atom stereocenters. The summed E-state index contributed by atoms with van der Waals surface area (Å²) < 4.78 is 5.31. The van der Waals surface area contributed by atoms with Gasteiger partial charge in [-0.25, -0.2) is 4.79 Å². The molecule has 2 amide bonds. The Hall–Kier alpha value is -3.23. The molecule has 3 aromatic rings. The van der Waals surface area contributed by atoms with E-state index in [0.29, 0.717) is 12.8 Å². The first-order chi connectivity index (χ1) is 16.0. The standard InChI is InChI=1S/C25H29N3O4S/c1-18(29)27-21(12-19-8-4-2-5-9-19)14-24(30)23(13-20-10-6-3-7-11-20)28-25(31)32-16-22-15-26-17-33-22/h2-11,15,17,21,23-24,30H,12-14,16H2,1H3,(H,27,29)(H,28,31). The number of hydrogen-bond acceptors (Lipinski definition) is 6. The van der Waals surface area contributed by atoms with Gasteiger partial charge in [0.25, 0.3) is 0 Å². The number of hydrogen-bond donors (Lipinski definition) is 3. The van der Waals surface area contributed by atoms with E-state index in [-0.39, 0.29) is 25.0 Å². The summed E-state index contributed by atoms with van der Waals surface area (Å²) in [5.74, 6) is -0.167. The average Bonchev–Trinajstić information content (AvgIpc) is 3.32. The Bertz CT molecular complexity index is 983. The maximum atomic E-state index is 12.5. The first-order valence-corrected chi connectivity index (χ1v) is 11.7. The first kappa shape index (κ1) is 24.4. The van der Waals surface area contributed by atoms with E-state index in [0.717, 1.165) is 16.0 Å². The molecule has 0 aliphatic rings. The van der Waals surface area contributed by atoms with Crippen LogP contribution in [-0.4, -0.2) is 40.3 Å². The van der Waals surface area contributed by atoms with Crippen LogP contribution in [0.3, 0.4) is 0 Å². The SMILES string of the molecule is CC(=O)NC(Cc1ccccc1)CC(O)C(Cc1ccccc1)NC(=O)OCc1cncs1. The topological polar surface area (TPSA) is 101 Å². The zero-order chi connectivity index (χ0) is 23.5. The van der Waals surface area contributed by atoms with Gasteiger partial charge in [-0.1, -0.05) is 60.7 Å². The second-order valence-electron chi connectivity index (χ2n) is 7.87. The van der Waals surface area contributed by atoms with Gasteiger partial charge in [-0.2, -0.15) is 0 Å². The van der Waals surface area contributed by atoms with Crippen LogP contribution >= 0.6 is 11.3 Å². The van der Waals surface area contributed by atoms with Crippen LogP contribution in [0, 0.1) is 0 Å². The lowest BCUT2D eigenvalue weighted by molar-refractivity contribution is -0.119. The lowest BCUT2D eigenvalue weighted by atomic mass is 9.93. The number of rotatable bonds is 11. The van der Waals surface area contributed by atoms with Crippen LogP contribution in [-0.2, 0) is 29.0 Å². The normalized spacial score (nSPS) is 13.5. The molecule has 8 heteroatoms. The molecule has 0 fully saturated rings. The van der Waals surface area contributed by atoms with Crippen molar-refractivity contribution in [1.82, 2.24) is 15.6 Å². The van der Waals surface area contributed by atoms with Crippen molar-refractivity contribution in [2.75, 3.05) is 0 Å². The van der Waals surface area contributed by atoms with Crippen molar-refractivity contribution in [3.63, 3.8) is 0 Å². The Balaban J connectivity index is 1.67. The van der Waals surface area contributed by atoms with Crippen LogP contribution in [0.5, 0.6) is 0 Å². The Morgan fingerprint density at radius 3 is 2.21 bits per heavy atom. The molecule has 3 N–H and O–H groups in total. The fraction of sp³-hybridized carbons (Fsp3) is 0.320. The molecule has 0 aliphatic carbocycles. The van der Waals surface area contributed by atoms with Crippen molar-refractivity contribution in [2.24, 2.45) is 0 Å². The molecule has 2 aromatic carbocycles. The zero-order valence-corrected chi connectivity index (χ0v) is 19.3. The second-order valence-corrected chi connectivity index (χ2v) is 8.85. The number of amides is 2. The number of benzene rings is 2. The number of alkyl carbamates (subject to hydrolysis) is 1. The first-order valence-electron chi connectivity index (χ1n) is 10.8. The summed E-state index contributed by atoms with van der Waals surface area (Å²) in [6.45, 7) is 1.58. The number of ether oxygens (including phenoxy) is 1. The summed E-state index contributed by atoms with van der Waals surface area (Å²) in [5, 5.41) is 16.8. The highest BCUT2D eigenvalue weighted by Gasteiger charge is 2.26. The van der Waals surface area contributed by atoms with Gasteiger partial charge in [0.2, 0.25) is 5.91 Å². The van der Waals surface area contributed by atoms with E-state index in [9.17, 15) is 14.7 Å². The molecule has 0 aliphatic heterocycles. The molecule has 0 saturated heterocycles. The fourth-order valence-electron chi connectivity index (χ4n) is 3.63. The zero-order valence-electron chi connectivity index (χ0n) is 18.5. The van der Waals surface area contributed by atoms with E-state index in [1.807, 2.05) is 60.7 Å². The second kappa shape index (κ2) is 12.7. The van der Waals surface area contributed by atoms with E-state index >= 15 is 0 Å². The molecule has 3 rings (SSSR count). The summed E-state index contributed by atoms with van der Waals surface area (Å²) in [7, 11) is 0. The minimum Gasteiger partial charge on any atom is -0.444 e. The van der Waals surface area contributed by atoms with Crippen molar-refractivity contribution in [3.05, 3.63) is 88.4 Å². The molecule has 7 nitrogen and oxygen atoms in total. The average molecular weight is 468 g/mol. The molecule has 174 valence electrons. The van der Waals surface area contributed by atoms with Gasteiger partial charge >= 0.3 is 6.09 Å². The highest BCUT2D eigenvalue weighted by molar-refractivity contribution is 7.09. The summed E-state index contributed by atoms with van der Waals surface area (Å²) in [5.41, 5.74) is 3.71. The largest absolute Gasteiger partial charge is 0.444 e. The Morgan fingerprint density at radius 2 is 1.64 bits per heavy atom. The monoisotopic (exact) mass is 467 g/mol. The molecular formula is C25H29N3O4S. The highest BCUT2D eigenvalue weighted by atomic mass is 32.1. The van der Waals surface area contributed by atoms with E-state index in [2.05, 4.69) is 15.6 Å². The number of carbonyl (C=O) groups excluding carboxylic acids is 2. The molecule has 0 spiro atoms. The Morgan fingerprint density at radius 1 is 1.00 bits per heavy atom. The van der Waals surface area contributed by atoms with Crippen LogP contribution < -0.4 is 10.6 Å². The van der Waals surface area contributed by atoms with Gasteiger partial charge in [-0.05, 0) is 30.4 Å². The third-order valence-electron chi connectivity index (χ3n) is 5.15. The van der Waals surface area contributed by atoms with Crippen LogP contribution in [0.25, 0.3) is 0 Å². The van der Waals surface area contributed by atoms with E-state index < -0.39 is 18.2 Å². The lowest BCUT2D eigenvalue weighted by Gasteiger charge is -2.28. The van der Waals surface area contributed by atoms with Crippen molar-refractivity contribution >= 4 is 23.3 Å². The van der Waals surface area contributed by atoms with Gasteiger partial charge in [0.15, 0.2) is 0 Å². The van der Waals surface area contributed by atoms with Gasteiger partial charge < -0.3 is 20.5 Å². The van der Waals surface area contributed by atoms with Crippen molar-refractivity contribution in [2.45, 2.75) is 51.0 Å². The molecule has 0 saturated carbocycles. The molecule has 1 heterocycles. The van der Waals surface area contributed by atoms with Crippen LogP contribution in [0.1, 0.15) is 29.3 Å². The van der Waals surface area contributed by atoms with Crippen molar-refractivity contribution < 1.29 is 19.4 Å².